The van der Waals surface area contributed by atoms with Gasteiger partial charge in [0.2, 0.25) is 0 Å². The first-order valence-corrected chi connectivity index (χ1v) is 9.29. The normalized spacial score (nSPS) is 10.6. The van der Waals surface area contributed by atoms with Crippen molar-refractivity contribution >= 4 is 23.2 Å². The van der Waals surface area contributed by atoms with E-state index in [-0.39, 0.29) is 0 Å². The van der Waals surface area contributed by atoms with Crippen LogP contribution in [0.4, 0.5) is 0 Å². The lowest BCUT2D eigenvalue weighted by Gasteiger charge is -2.17. The Hall–Kier alpha value is -2.16. The fourth-order valence-corrected chi connectivity index (χ4v) is 3.03. The molecule has 0 fully saturated rings. The largest absolute Gasteiger partial charge is 0.485 e. The van der Waals surface area contributed by atoms with E-state index in [1.807, 2.05) is 66.7 Å². The zero-order valence-electron chi connectivity index (χ0n) is 14.5. The number of halogens is 2. The fraction of sp³-hybridized carbons (Fsp3) is 0.182. The highest BCUT2D eigenvalue weighted by Gasteiger charge is 2.12. The molecule has 0 spiro atoms. The van der Waals surface area contributed by atoms with Crippen molar-refractivity contribution in [3.8, 4) is 11.5 Å². The summed E-state index contributed by atoms with van der Waals surface area (Å²) in [4.78, 5) is 0. The molecule has 0 saturated heterocycles. The molecule has 3 aromatic carbocycles. The van der Waals surface area contributed by atoms with E-state index in [0.717, 1.165) is 28.9 Å². The number of para-hydroxylation sites is 1. The second kappa shape index (κ2) is 8.98. The average Bonchev–Trinajstić information content (AvgIpc) is 2.67. The van der Waals surface area contributed by atoms with Crippen molar-refractivity contribution in [3.63, 3.8) is 0 Å². The summed E-state index contributed by atoms with van der Waals surface area (Å²) >= 11 is 12.5. The molecule has 0 amide bonds. The van der Waals surface area contributed by atoms with Crippen molar-refractivity contribution in [1.29, 1.82) is 0 Å². The van der Waals surface area contributed by atoms with Crippen molar-refractivity contribution in [2.24, 2.45) is 0 Å². The van der Waals surface area contributed by atoms with Crippen LogP contribution in [-0.4, -0.2) is 0 Å². The highest BCUT2D eigenvalue weighted by Crippen LogP contribution is 2.34. The summed E-state index contributed by atoms with van der Waals surface area (Å²) in [5.74, 6) is 1.46. The molecule has 0 bridgehead atoms. The number of ether oxygens (including phenoxy) is 2. The van der Waals surface area contributed by atoms with Gasteiger partial charge in [-0.25, -0.2) is 0 Å². The number of rotatable bonds is 7. The minimum Gasteiger partial charge on any atom is -0.485 e. The molecular weight excluding hydrogens is 367 g/mol. The first kappa shape index (κ1) is 18.6. The predicted octanol–water partition coefficient (Wildman–Crippen LogP) is 6.71. The lowest BCUT2D eigenvalue weighted by molar-refractivity contribution is 0.254. The van der Waals surface area contributed by atoms with Gasteiger partial charge in [-0.05, 0) is 30.2 Å². The van der Waals surface area contributed by atoms with Gasteiger partial charge in [-0.2, -0.15) is 0 Å². The Bertz CT molecular complexity index is 878. The molecule has 134 valence electrons. The molecule has 0 heterocycles. The molecule has 4 heteroatoms. The van der Waals surface area contributed by atoms with Gasteiger partial charge in [0.1, 0.15) is 13.2 Å². The summed E-state index contributed by atoms with van der Waals surface area (Å²) in [5.41, 5.74) is 2.97. The van der Waals surface area contributed by atoms with E-state index < -0.39 is 0 Å². The van der Waals surface area contributed by atoms with Crippen LogP contribution in [-0.2, 0) is 19.6 Å². The smallest absolute Gasteiger partial charge is 0.164 e. The molecule has 0 N–H and O–H groups in total. The van der Waals surface area contributed by atoms with Crippen LogP contribution < -0.4 is 9.47 Å². The van der Waals surface area contributed by atoms with Crippen LogP contribution in [0.15, 0.2) is 66.7 Å². The molecule has 0 aliphatic carbocycles. The van der Waals surface area contributed by atoms with Crippen molar-refractivity contribution in [3.05, 3.63) is 93.5 Å². The second-order valence-corrected chi connectivity index (χ2v) is 6.67. The third kappa shape index (κ3) is 4.51. The molecular formula is C22H20Cl2O2. The van der Waals surface area contributed by atoms with Crippen molar-refractivity contribution < 1.29 is 9.47 Å². The van der Waals surface area contributed by atoms with Gasteiger partial charge in [0, 0.05) is 21.2 Å². The highest BCUT2D eigenvalue weighted by atomic mass is 35.5. The van der Waals surface area contributed by atoms with E-state index in [9.17, 15) is 0 Å². The van der Waals surface area contributed by atoms with Crippen molar-refractivity contribution in [1.82, 2.24) is 0 Å². The Balaban J connectivity index is 1.79. The topological polar surface area (TPSA) is 18.5 Å². The highest BCUT2D eigenvalue weighted by molar-refractivity contribution is 6.31. The SMILES string of the molecule is CCc1cccc(OCc2ccccc2Cl)c1OCc1ccccc1Cl. The average molecular weight is 387 g/mol. The maximum atomic E-state index is 6.24. The Morgan fingerprint density at radius 1 is 0.654 bits per heavy atom. The molecule has 2 nitrogen and oxygen atoms in total. The van der Waals surface area contributed by atoms with Crippen molar-refractivity contribution in [2.75, 3.05) is 0 Å². The summed E-state index contributed by atoms with van der Waals surface area (Å²) < 4.78 is 12.1. The molecule has 0 radical (unpaired) electrons. The number of aryl methyl sites for hydroxylation is 1. The van der Waals surface area contributed by atoms with Crippen LogP contribution in [0, 0.1) is 0 Å². The number of hydrogen-bond donors (Lipinski definition) is 0. The Kier molecular flexibility index (Phi) is 6.43. The van der Waals surface area contributed by atoms with Crippen LogP contribution in [0.1, 0.15) is 23.6 Å². The molecule has 0 aliphatic rings. The van der Waals surface area contributed by atoms with Crippen LogP contribution in [0.2, 0.25) is 10.0 Å². The summed E-state index contributed by atoms with van der Waals surface area (Å²) in [6.07, 6.45) is 0.848. The molecule has 0 unspecified atom stereocenters. The first-order chi connectivity index (χ1) is 12.7. The fourth-order valence-electron chi connectivity index (χ4n) is 2.65. The monoisotopic (exact) mass is 386 g/mol. The third-order valence-electron chi connectivity index (χ3n) is 4.11. The minimum atomic E-state index is 0.384. The van der Waals surface area contributed by atoms with Gasteiger partial charge in [0.15, 0.2) is 11.5 Å². The van der Waals surface area contributed by atoms with Crippen LogP contribution in [0.3, 0.4) is 0 Å². The Morgan fingerprint density at radius 2 is 1.19 bits per heavy atom. The Morgan fingerprint density at radius 3 is 1.77 bits per heavy atom. The summed E-state index contributed by atoms with van der Waals surface area (Å²) in [6, 6.07) is 21.3. The van der Waals surface area contributed by atoms with Crippen molar-refractivity contribution in [2.45, 2.75) is 26.6 Å². The molecule has 3 rings (SSSR count). The molecule has 26 heavy (non-hydrogen) atoms. The van der Waals surface area contributed by atoms with Crippen LogP contribution in [0.5, 0.6) is 11.5 Å². The molecule has 0 saturated carbocycles. The summed E-state index contributed by atoms with van der Waals surface area (Å²) in [6.45, 7) is 2.87. The van der Waals surface area contributed by atoms with E-state index in [0.29, 0.717) is 29.0 Å². The van der Waals surface area contributed by atoms with Gasteiger partial charge in [-0.1, -0.05) is 78.7 Å². The second-order valence-electron chi connectivity index (χ2n) is 5.86. The van der Waals surface area contributed by atoms with E-state index in [1.54, 1.807) is 0 Å². The predicted molar refractivity (Wildman–Crippen MR) is 107 cm³/mol. The van der Waals surface area contributed by atoms with E-state index in [1.165, 1.54) is 0 Å². The standard InChI is InChI=1S/C22H20Cl2O2/c1-2-16-10-7-13-21(25-14-17-8-3-5-11-19(17)23)22(16)26-15-18-9-4-6-12-20(18)24/h3-13H,2,14-15H2,1H3. The maximum absolute atomic E-state index is 6.24. The number of benzene rings is 3. The molecule has 0 aliphatic heterocycles. The van der Waals surface area contributed by atoms with Crippen LogP contribution >= 0.6 is 23.2 Å². The zero-order chi connectivity index (χ0) is 18.4. The van der Waals surface area contributed by atoms with Gasteiger partial charge in [0.05, 0.1) is 0 Å². The minimum absolute atomic E-state index is 0.384. The summed E-state index contributed by atoms with van der Waals surface area (Å²) in [5, 5.41) is 1.39. The molecule has 3 aromatic rings. The zero-order valence-corrected chi connectivity index (χ0v) is 16.1. The van der Waals surface area contributed by atoms with Gasteiger partial charge >= 0.3 is 0 Å². The molecule has 0 atom stereocenters. The molecule has 0 aromatic heterocycles. The van der Waals surface area contributed by atoms with Gasteiger partial charge < -0.3 is 9.47 Å². The van der Waals surface area contributed by atoms with Crippen LogP contribution in [0.25, 0.3) is 0 Å². The summed E-state index contributed by atoms with van der Waals surface area (Å²) in [7, 11) is 0. The quantitative estimate of drug-likeness (QED) is 0.448. The lowest BCUT2D eigenvalue weighted by Crippen LogP contribution is -2.03. The third-order valence-corrected chi connectivity index (χ3v) is 4.85. The lowest BCUT2D eigenvalue weighted by atomic mass is 10.1. The van der Waals surface area contributed by atoms with Gasteiger partial charge in [0.25, 0.3) is 0 Å². The van der Waals surface area contributed by atoms with E-state index in [2.05, 4.69) is 6.92 Å². The first-order valence-electron chi connectivity index (χ1n) is 8.53. The Labute approximate surface area is 164 Å². The number of hydrogen-bond acceptors (Lipinski definition) is 2. The maximum Gasteiger partial charge on any atom is 0.164 e. The van der Waals surface area contributed by atoms with Gasteiger partial charge in [-0.15, -0.1) is 0 Å². The van der Waals surface area contributed by atoms with E-state index >= 15 is 0 Å². The van der Waals surface area contributed by atoms with E-state index in [4.69, 9.17) is 32.7 Å². The van der Waals surface area contributed by atoms with Gasteiger partial charge in [-0.3, -0.25) is 0 Å².